The number of benzene rings is 2. The summed E-state index contributed by atoms with van der Waals surface area (Å²) in [7, 11) is 1.48. The van der Waals surface area contributed by atoms with Crippen molar-refractivity contribution in [2.24, 2.45) is 12.1 Å². The molecule has 0 aliphatic rings. The van der Waals surface area contributed by atoms with Gasteiger partial charge in [-0.3, -0.25) is 14.3 Å². The van der Waals surface area contributed by atoms with Crippen LogP contribution in [0.5, 0.6) is 11.5 Å². The fourth-order valence-corrected chi connectivity index (χ4v) is 3.44. The number of phenols is 1. The van der Waals surface area contributed by atoms with Crippen molar-refractivity contribution >= 4 is 22.8 Å². The zero-order valence-electron chi connectivity index (χ0n) is 18.6. The van der Waals surface area contributed by atoms with Crippen LogP contribution in [0, 0.1) is 0 Å². The number of nitrogens with zero attached hydrogens (tertiary/aromatic N) is 4. The normalized spacial score (nSPS) is 12.6. The molecular weight excluding hydrogens is 440 g/mol. The van der Waals surface area contributed by atoms with Gasteiger partial charge in [-0.1, -0.05) is 30.3 Å². The Morgan fingerprint density at radius 3 is 2.62 bits per heavy atom. The molecule has 0 spiro atoms. The van der Waals surface area contributed by atoms with Gasteiger partial charge in [0.25, 0.3) is 5.56 Å². The molecule has 2 heterocycles. The van der Waals surface area contributed by atoms with Gasteiger partial charge in [-0.25, -0.2) is 10.2 Å². The number of hydrazone groups is 1. The number of phenolic OH excluding ortho intramolecular Hbond substituents is 1. The van der Waals surface area contributed by atoms with E-state index in [2.05, 4.69) is 20.5 Å². The summed E-state index contributed by atoms with van der Waals surface area (Å²) in [6.45, 7) is 1.60. The maximum atomic E-state index is 12.6. The molecule has 1 atom stereocenters. The standard InChI is InChI=1S/C23H24N6O5/c1-14(17-10-6-7-11-18(17)31)26-27-22-24-20-19(21(32)25-23(33)28(20)2)29(22)12-15(30)13-34-16-8-4-3-5-9-16/h3-11,15,30-31H,12-13H2,1-2H3,(H,24,27)(H,25,32,33)/t15-/m0/s1. The number of hydrogen-bond donors (Lipinski definition) is 4. The zero-order valence-corrected chi connectivity index (χ0v) is 18.6. The van der Waals surface area contributed by atoms with Crippen molar-refractivity contribution in [2.45, 2.75) is 19.6 Å². The van der Waals surface area contributed by atoms with Crippen LogP contribution in [0.1, 0.15) is 12.5 Å². The van der Waals surface area contributed by atoms with Gasteiger partial charge in [0.1, 0.15) is 24.2 Å². The Morgan fingerprint density at radius 1 is 1.18 bits per heavy atom. The molecule has 0 saturated heterocycles. The Hall–Kier alpha value is -4.38. The molecule has 4 rings (SSSR count). The zero-order chi connectivity index (χ0) is 24.2. The van der Waals surface area contributed by atoms with Gasteiger partial charge in [0.15, 0.2) is 11.2 Å². The van der Waals surface area contributed by atoms with E-state index in [0.29, 0.717) is 17.0 Å². The number of nitrogens with one attached hydrogen (secondary N) is 2. The van der Waals surface area contributed by atoms with Gasteiger partial charge in [-0.2, -0.15) is 10.1 Å². The summed E-state index contributed by atoms with van der Waals surface area (Å²) in [5.74, 6) is 0.792. The quantitative estimate of drug-likeness (QED) is 0.228. The summed E-state index contributed by atoms with van der Waals surface area (Å²) in [4.78, 5) is 31.3. The van der Waals surface area contributed by atoms with Gasteiger partial charge in [-0.05, 0) is 31.2 Å². The van der Waals surface area contributed by atoms with E-state index in [1.165, 1.54) is 16.2 Å². The molecular formula is C23H24N6O5. The summed E-state index contributed by atoms with van der Waals surface area (Å²) in [5.41, 5.74) is 2.73. The number of para-hydroxylation sites is 2. The second kappa shape index (κ2) is 9.63. The number of imidazole rings is 1. The highest BCUT2D eigenvalue weighted by Gasteiger charge is 2.20. The molecule has 2 aromatic carbocycles. The molecule has 34 heavy (non-hydrogen) atoms. The maximum Gasteiger partial charge on any atom is 0.329 e. The average Bonchev–Trinajstić information content (AvgIpc) is 3.19. The molecule has 4 N–H and O–H groups in total. The highest BCUT2D eigenvalue weighted by atomic mass is 16.5. The lowest BCUT2D eigenvalue weighted by Gasteiger charge is -2.15. The van der Waals surface area contributed by atoms with Gasteiger partial charge in [0.05, 0.1) is 12.3 Å². The number of H-pyrrole nitrogens is 1. The highest BCUT2D eigenvalue weighted by Crippen LogP contribution is 2.19. The SMILES string of the molecule is CC(=NNc1nc2c(c(=O)[nH]c(=O)n2C)n1C[C@H](O)COc1ccccc1)c1ccccc1O. The third-order valence-electron chi connectivity index (χ3n) is 5.20. The van der Waals surface area contributed by atoms with Crippen LogP contribution in [0.25, 0.3) is 11.2 Å². The van der Waals surface area contributed by atoms with Crippen LogP contribution in [-0.2, 0) is 13.6 Å². The van der Waals surface area contributed by atoms with E-state index in [0.717, 1.165) is 0 Å². The number of hydrogen-bond acceptors (Lipinski definition) is 8. The summed E-state index contributed by atoms with van der Waals surface area (Å²) >= 11 is 0. The number of fused-ring (bicyclic) bond motifs is 1. The van der Waals surface area contributed by atoms with Crippen LogP contribution in [0.15, 0.2) is 69.3 Å². The molecule has 0 radical (unpaired) electrons. The number of rotatable bonds is 8. The lowest BCUT2D eigenvalue weighted by Crippen LogP contribution is -2.30. The van der Waals surface area contributed by atoms with Gasteiger partial charge in [-0.15, -0.1) is 0 Å². The van der Waals surface area contributed by atoms with Crippen LogP contribution in [0.3, 0.4) is 0 Å². The fraction of sp³-hybridized carbons (Fsp3) is 0.217. The number of aromatic nitrogens is 4. The monoisotopic (exact) mass is 464 g/mol. The van der Waals surface area contributed by atoms with E-state index in [1.54, 1.807) is 43.3 Å². The van der Waals surface area contributed by atoms with Crippen LogP contribution in [-0.4, -0.2) is 47.7 Å². The molecule has 176 valence electrons. The topological polar surface area (TPSA) is 147 Å². The Labute approximate surface area is 193 Å². The lowest BCUT2D eigenvalue weighted by molar-refractivity contribution is 0.0938. The van der Waals surface area contributed by atoms with Crippen molar-refractivity contribution < 1.29 is 14.9 Å². The van der Waals surface area contributed by atoms with Crippen LogP contribution in [0.4, 0.5) is 5.95 Å². The van der Waals surface area contributed by atoms with E-state index >= 15 is 0 Å². The summed E-state index contributed by atoms with van der Waals surface area (Å²) in [6, 6.07) is 15.7. The Kier molecular flexibility index (Phi) is 6.46. The van der Waals surface area contributed by atoms with E-state index < -0.39 is 17.4 Å². The minimum absolute atomic E-state index is 0.0347. The van der Waals surface area contributed by atoms with Crippen molar-refractivity contribution in [2.75, 3.05) is 12.0 Å². The van der Waals surface area contributed by atoms with Crippen molar-refractivity contribution in [3.63, 3.8) is 0 Å². The number of aromatic hydroxyl groups is 1. The Balaban J connectivity index is 1.67. The molecule has 11 heteroatoms. The largest absolute Gasteiger partial charge is 0.507 e. The molecule has 0 saturated carbocycles. The summed E-state index contributed by atoms with van der Waals surface area (Å²) in [5, 5.41) is 25.0. The smallest absolute Gasteiger partial charge is 0.329 e. The second-order valence-electron chi connectivity index (χ2n) is 7.64. The average molecular weight is 464 g/mol. The first-order valence-electron chi connectivity index (χ1n) is 10.5. The third kappa shape index (κ3) is 4.69. The van der Waals surface area contributed by atoms with Crippen molar-refractivity contribution in [1.29, 1.82) is 0 Å². The minimum atomic E-state index is -1.00. The molecule has 0 aliphatic carbocycles. The van der Waals surface area contributed by atoms with Gasteiger partial charge >= 0.3 is 5.69 Å². The van der Waals surface area contributed by atoms with Crippen LogP contribution in [0.2, 0.25) is 0 Å². The second-order valence-corrected chi connectivity index (χ2v) is 7.64. The molecule has 0 unspecified atom stereocenters. The van der Waals surface area contributed by atoms with Crippen LogP contribution >= 0.6 is 0 Å². The third-order valence-corrected chi connectivity index (χ3v) is 5.20. The van der Waals surface area contributed by atoms with Gasteiger partial charge in [0, 0.05) is 12.6 Å². The number of aliphatic hydroxyl groups excluding tert-OH is 1. The molecule has 2 aromatic heterocycles. The first kappa shape index (κ1) is 22.8. The van der Waals surface area contributed by atoms with E-state index in [1.807, 2.05) is 18.2 Å². The van der Waals surface area contributed by atoms with E-state index in [9.17, 15) is 19.8 Å². The molecule has 0 bridgehead atoms. The predicted molar refractivity (Wildman–Crippen MR) is 127 cm³/mol. The molecule has 11 nitrogen and oxygen atoms in total. The Morgan fingerprint density at radius 2 is 1.88 bits per heavy atom. The number of ether oxygens (including phenoxy) is 1. The van der Waals surface area contributed by atoms with Gasteiger partial charge < -0.3 is 19.5 Å². The fourth-order valence-electron chi connectivity index (χ4n) is 3.44. The first-order valence-corrected chi connectivity index (χ1v) is 10.5. The van der Waals surface area contributed by atoms with E-state index in [4.69, 9.17) is 4.74 Å². The molecule has 4 aromatic rings. The van der Waals surface area contributed by atoms with Crippen molar-refractivity contribution in [3.8, 4) is 11.5 Å². The Bertz CT molecular complexity index is 1450. The summed E-state index contributed by atoms with van der Waals surface area (Å²) in [6.07, 6.45) is -1.00. The van der Waals surface area contributed by atoms with E-state index in [-0.39, 0.29) is 36.0 Å². The van der Waals surface area contributed by atoms with Gasteiger partial charge in [0.2, 0.25) is 5.95 Å². The lowest BCUT2D eigenvalue weighted by atomic mass is 10.1. The summed E-state index contributed by atoms with van der Waals surface area (Å²) < 4.78 is 8.25. The van der Waals surface area contributed by atoms with Crippen LogP contribution < -0.4 is 21.4 Å². The molecule has 0 fully saturated rings. The highest BCUT2D eigenvalue weighted by molar-refractivity contribution is 6.01. The number of aliphatic hydroxyl groups is 1. The maximum absolute atomic E-state index is 12.6. The van der Waals surface area contributed by atoms with Crippen molar-refractivity contribution in [1.82, 2.24) is 19.1 Å². The number of aryl methyl sites for hydroxylation is 1. The van der Waals surface area contributed by atoms with Crippen molar-refractivity contribution in [3.05, 3.63) is 81.0 Å². The molecule has 0 aliphatic heterocycles. The minimum Gasteiger partial charge on any atom is -0.507 e. The predicted octanol–water partition coefficient (Wildman–Crippen LogP) is 1.40. The molecule has 0 amide bonds. The number of anilines is 1. The number of aromatic amines is 1. The first-order chi connectivity index (χ1) is 16.3.